The molecule has 21 heavy (non-hydrogen) atoms. The van der Waals surface area contributed by atoms with Crippen LogP contribution in [0.15, 0.2) is 30.5 Å². The number of halogens is 1. The Morgan fingerprint density at radius 1 is 1.29 bits per heavy atom. The van der Waals surface area contributed by atoms with Crippen LogP contribution in [0, 0.1) is 5.92 Å². The number of aromatic nitrogens is 1. The van der Waals surface area contributed by atoms with Gasteiger partial charge in [0.1, 0.15) is 0 Å². The summed E-state index contributed by atoms with van der Waals surface area (Å²) in [6.07, 6.45) is 4.54. The first-order valence-corrected chi connectivity index (χ1v) is 8.17. The van der Waals surface area contributed by atoms with Gasteiger partial charge < -0.3 is 5.32 Å². The lowest BCUT2D eigenvalue weighted by atomic mass is 9.94. The molecule has 110 valence electrons. The molecular formula is C17H20ClN3. The Morgan fingerprint density at radius 3 is 3.14 bits per heavy atom. The smallest absolute Gasteiger partial charge is 0.0761 e. The zero-order valence-corrected chi connectivity index (χ0v) is 12.8. The number of rotatable bonds is 2. The Labute approximate surface area is 130 Å². The van der Waals surface area contributed by atoms with E-state index in [2.05, 4.69) is 27.3 Å². The summed E-state index contributed by atoms with van der Waals surface area (Å²) in [6.45, 7) is 4.51. The van der Waals surface area contributed by atoms with Crippen molar-refractivity contribution in [3.8, 4) is 0 Å². The topological polar surface area (TPSA) is 28.2 Å². The van der Waals surface area contributed by atoms with E-state index in [0.29, 0.717) is 6.04 Å². The molecule has 0 saturated carbocycles. The molecule has 1 aromatic heterocycles. The van der Waals surface area contributed by atoms with Gasteiger partial charge in [-0.1, -0.05) is 17.7 Å². The minimum Gasteiger partial charge on any atom is -0.312 e. The zero-order chi connectivity index (χ0) is 14.2. The molecule has 4 heteroatoms. The van der Waals surface area contributed by atoms with Crippen molar-refractivity contribution in [2.75, 3.05) is 19.6 Å². The summed E-state index contributed by atoms with van der Waals surface area (Å²) in [5, 5.41) is 5.52. The Bertz CT molecular complexity index is 644. The predicted octanol–water partition coefficient (Wildman–Crippen LogP) is 3.07. The Balaban J connectivity index is 1.59. The first-order chi connectivity index (χ1) is 10.3. The minimum absolute atomic E-state index is 0.685. The second-order valence-corrected chi connectivity index (χ2v) is 6.67. The third-order valence-corrected chi connectivity index (χ3v) is 5.20. The highest BCUT2D eigenvalue weighted by Gasteiger charge is 2.34. The molecule has 0 radical (unpaired) electrons. The predicted molar refractivity (Wildman–Crippen MR) is 86.5 cm³/mol. The highest BCUT2D eigenvalue weighted by atomic mass is 35.5. The summed E-state index contributed by atoms with van der Waals surface area (Å²) in [5.41, 5.74) is 2.33. The van der Waals surface area contributed by atoms with Crippen molar-refractivity contribution < 1.29 is 0 Å². The molecule has 2 atom stereocenters. The Morgan fingerprint density at radius 2 is 2.24 bits per heavy atom. The quantitative estimate of drug-likeness (QED) is 0.924. The van der Waals surface area contributed by atoms with Crippen LogP contribution in [0.4, 0.5) is 0 Å². The van der Waals surface area contributed by atoms with Crippen molar-refractivity contribution in [2.24, 2.45) is 5.92 Å². The Kier molecular flexibility index (Phi) is 3.57. The average Bonchev–Trinajstić information content (AvgIpc) is 2.93. The molecule has 2 aromatic rings. The van der Waals surface area contributed by atoms with Crippen LogP contribution >= 0.6 is 11.6 Å². The van der Waals surface area contributed by atoms with Crippen molar-refractivity contribution in [1.82, 2.24) is 15.2 Å². The maximum Gasteiger partial charge on any atom is 0.0761 e. The van der Waals surface area contributed by atoms with E-state index >= 15 is 0 Å². The number of piperidine rings is 1. The molecule has 1 N–H and O–H groups in total. The number of likely N-dealkylation sites (tertiary alicyclic amines) is 1. The van der Waals surface area contributed by atoms with E-state index in [4.69, 9.17) is 11.6 Å². The van der Waals surface area contributed by atoms with Crippen molar-refractivity contribution in [3.05, 3.63) is 41.0 Å². The van der Waals surface area contributed by atoms with Gasteiger partial charge in [0.25, 0.3) is 0 Å². The zero-order valence-electron chi connectivity index (χ0n) is 12.1. The summed E-state index contributed by atoms with van der Waals surface area (Å²) in [4.78, 5) is 7.11. The third-order valence-electron chi connectivity index (χ3n) is 4.87. The van der Waals surface area contributed by atoms with Gasteiger partial charge >= 0.3 is 0 Å². The summed E-state index contributed by atoms with van der Waals surface area (Å²) in [6, 6.07) is 8.83. The normalized spacial score (nSPS) is 26.1. The molecule has 2 aliphatic heterocycles. The fourth-order valence-corrected chi connectivity index (χ4v) is 4.05. The first-order valence-electron chi connectivity index (χ1n) is 7.79. The molecule has 0 bridgehead atoms. The molecular weight excluding hydrogens is 282 g/mol. The molecule has 4 rings (SSSR count). The third kappa shape index (κ3) is 2.54. The molecule has 3 heterocycles. The van der Waals surface area contributed by atoms with E-state index in [0.717, 1.165) is 34.9 Å². The standard InChI is InChI=1S/C17H20ClN3/c18-15-6-5-13(17-14(15)4-2-8-20-17)10-21-9-12-3-1-7-19-16(12)11-21/h2,4-6,8,12,16,19H,1,3,7,9-11H2. The van der Waals surface area contributed by atoms with Gasteiger partial charge in [0, 0.05) is 42.3 Å². The van der Waals surface area contributed by atoms with Crippen molar-refractivity contribution >= 4 is 22.5 Å². The van der Waals surface area contributed by atoms with Crippen LogP contribution in [0.2, 0.25) is 5.02 Å². The lowest BCUT2D eigenvalue weighted by Gasteiger charge is -2.24. The maximum absolute atomic E-state index is 6.28. The van der Waals surface area contributed by atoms with Gasteiger partial charge in [-0.3, -0.25) is 9.88 Å². The van der Waals surface area contributed by atoms with Crippen LogP contribution in [-0.4, -0.2) is 35.6 Å². The van der Waals surface area contributed by atoms with Crippen LogP contribution in [0.25, 0.3) is 10.9 Å². The molecule has 2 aliphatic rings. The first kappa shape index (κ1) is 13.5. The minimum atomic E-state index is 0.685. The fraction of sp³-hybridized carbons (Fsp3) is 0.471. The summed E-state index contributed by atoms with van der Waals surface area (Å²) in [5.74, 6) is 0.824. The van der Waals surface area contributed by atoms with Crippen molar-refractivity contribution in [2.45, 2.75) is 25.4 Å². The summed E-state index contributed by atoms with van der Waals surface area (Å²) in [7, 11) is 0. The highest BCUT2D eigenvalue weighted by molar-refractivity contribution is 6.35. The van der Waals surface area contributed by atoms with Crippen LogP contribution in [0.5, 0.6) is 0 Å². The van der Waals surface area contributed by atoms with E-state index in [1.807, 2.05) is 18.3 Å². The van der Waals surface area contributed by atoms with Gasteiger partial charge in [0.15, 0.2) is 0 Å². The second kappa shape index (κ2) is 5.56. The van der Waals surface area contributed by atoms with Crippen LogP contribution in [0.3, 0.4) is 0 Å². The van der Waals surface area contributed by atoms with E-state index in [1.54, 1.807) is 0 Å². The maximum atomic E-state index is 6.28. The highest BCUT2D eigenvalue weighted by Crippen LogP contribution is 2.29. The summed E-state index contributed by atoms with van der Waals surface area (Å²) < 4.78 is 0. The van der Waals surface area contributed by atoms with Gasteiger partial charge in [-0.15, -0.1) is 0 Å². The number of hydrogen-bond donors (Lipinski definition) is 1. The van der Waals surface area contributed by atoms with E-state index in [1.165, 1.54) is 31.5 Å². The van der Waals surface area contributed by atoms with E-state index in [9.17, 15) is 0 Å². The molecule has 2 saturated heterocycles. The lowest BCUT2D eigenvalue weighted by molar-refractivity contribution is 0.313. The summed E-state index contributed by atoms with van der Waals surface area (Å²) >= 11 is 6.28. The van der Waals surface area contributed by atoms with Crippen LogP contribution in [0.1, 0.15) is 18.4 Å². The monoisotopic (exact) mass is 301 g/mol. The van der Waals surface area contributed by atoms with Crippen LogP contribution in [-0.2, 0) is 6.54 Å². The van der Waals surface area contributed by atoms with Gasteiger partial charge in [0.2, 0.25) is 0 Å². The SMILES string of the molecule is Clc1ccc(CN2CC3CCCNC3C2)c2ncccc12. The van der Waals surface area contributed by atoms with Crippen molar-refractivity contribution in [3.63, 3.8) is 0 Å². The van der Waals surface area contributed by atoms with Gasteiger partial charge in [0.05, 0.1) is 5.52 Å². The molecule has 2 fully saturated rings. The number of benzene rings is 1. The Hall–Kier alpha value is -1.16. The molecule has 2 unspecified atom stereocenters. The molecule has 0 amide bonds. The van der Waals surface area contributed by atoms with Gasteiger partial charge in [-0.05, 0) is 49.1 Å². The second-order valence-electron chi connectivity index (χ2n) is 6.26. The average molecular weight is 302 g/mol. The molecule has 0 spiro atoms. The van der Waals surface area contributed by atoms with Gasteiger partial charge in [-0.2, -0.15) is 0 Å². The number of pyridine rings is 1. The van der Waals surface area contributed by atoms with Crippen molar-refractivity contribution in [1.29, 1.82) is 0 Å². The molecule has 1 aromatic carbocycles. The number of fused-ring (bicyclic) bond motifs is 2. The number of nitrogens with one attached hydrogen (secondary N) is 1. The van der Waals surface area contributed by atoms with E-state index in [-0.39, 0.29) is 0 Å². The number of hydrogen-bond acceptors (Lipinski definition) is 3. The fourth-order valence-electron chi connectivity index (χ4n) is 3.83. The molecule has 3 nitrogen and oxygen atoms in total. The largest absolute Gasteiger partial charge is 0.312 e. The van der Waals surface area contributed by atoms with Gasteiger partial charge in [-0.25, -0.2) is 0 Å². The molecule has 0 aliphatic carbocycles. The van der Waals surface area contributed by atoms with Crippen LogP contribution < -0.4 is 5.32 Å². The lowest BCUT2D eigenvalue weighted by Crippen LogP contribution is -2.40. The van der Waals surface area contributed by atoms with E-state index < -0.39 is 0 Å². The number of nitrogens with zero attached hydrogens (tertiary/aromatic N) is 2.